The van der Waals surface area contributed by atoms with Gasteiger partial charge < -0.3 is 0 Å². The largest absolute Gasteiger partial charge is 0.395 e. The highest BCUT2D eigenvalue weighted by Crippen LogP contribution is 2.36. The Morgan fingerprint density at radius 1 is 1.31 bits per heavy atom. The average molecular weight is 189 g/mol. The zero-order valence-electron chi connectivity index (χ0n) is 7.17. The van der Waals surface area contributed by atoms with E-state index in [-0.39, 0.29) is 12.0 Å². The molecule has 0 amide bonds. The van der Waals surface area contributed by atoms with Crippen molar-refractivity contribution in [1.82, 2.24) is 4.98 Å². The van der Waals surface area contributed by atoms with Gasteiger partial charge in [0.15, 0.2) is 0 Å². The number of hydrogen-bond donors (Lipinski definition) is 0. The van der Waals surface area contributed by atoms with Crippen molar-refractivity contribution in [2.45, 2.75) is 25.4 Å². The van der Waals surface area contributed by atoms with Crippen LogP contribution in [-0.4, -0.2) is 11.2 Å². The summed E-state index contributed by atoms with van der Waals surface area (Å²) in [7, 11) is 0. The van der Waals surface area contributed by atoms with E-state index in [4.69, 9.17) is 0 Å². The number of aromatic nitrogens is 1. The first kappa shape index (κ1) is 10.0. The van der Waals surface area contributed by atoms with Gasteiger partial charge in [0.05, 0.1) is 5.92 Å². The van der Waals surface area contributed by atoms with E-state index in [1.165, 1.54) is 31.5 Å². The van der Waals surface area contributed by atoms with E-state index in [0.717, 1.165) is 0 Å². The molecular formula is C9H10F3N. The first-order valence-corrected chi connectivity index (χ1v) is 4.02. The summed E-state index contributed by atoms with van der Waals surface area (Å²) in [5, 5.41) is 0. The maximum Gasteiger partial charge on any atom is 0.395 e. The third kappa shape index (κ3) is 2.44. The molecule has 0 aromatic carbocycles. The van der Waals surface area contributed by atoms with Gasteiger partial charge >= 0.3 is 6.18 Å². The van der Waals surface area contributed by atoms with Gasteiger partial charge in [-0.1, -0.05) is 6.92 Å². The Hall–Kier alpha value is -1.06. The molecule has 0 radical (unpaired) electrons. The predicted molar refractivity (Wildman–Crippen MR) is 43.3 cm³/mol. The van der Waals surface area contributed by atoms with Crippen molar-refractivity contribution < 1.29 is 13.2 Å². The van der Waals surface area contributed by atoms with Gasteiger partial charge in [0.2, 0.25) is 0 Å². The molecule has 1 aromatic heterocycles. The topological polar surface area (TPSA) is 12.9 Å². The normalized spacial score (nSPS) is 14.2. The lowest BCUT2D eigenvalue weighted by atomic mass is 9.97. The van der Waals surface area contributed by atoms with E-state index < -0.39 is 12.1 Å². The van der Waals surface area contributed by atoms with Crippen LogP contribution in [0.1, 0.15) is 24.8 Å². The molecular weight excluding hydrogens is 179 g/mol. The molecule has 72 valence electrons. The van der Waals surface area contributed by atoms with Crippen molar-refractivity contribution in [2.75, 3.05) is 0 Å². The second kappa shape index (κ2) is 3.77. The fourth-order valence-corrected chi connectivity index (χ4v) is 1.25. The molecule has 0 fully saturated rings. The Morgan fingerprint density at radius 3 is 2.23 bits per heavy atom. The Kier molecular flexibility index (Phi) is 2.90. The van der Waals surface area contributed by atoms with E-state index in [2.05, 4.69) is 4.98 Å². The molecule has 1 nitrogen and oxygen atoms in total. The summed E-state index contributed by atoms with van der Waals surface area (Å²) in [6.07, 6.45) is -1.34. The van der Waals surface area contributed by atoms with Gasteiger partial charge in [0.25, 0.3) is 0 Å². The molecule has 0 spiro atoms. The summed E-state index contributed by atoms with van der Waals surface area (Å²) in [4.78, 5) is 3.68. The molecule has 0 saturated carbocycles. The minimum Gasteiger partial charge on any atom is -0.265 e. The fraction of sp³-hybridized carbons (Fsp3) is 0.444. The lowest BCUT2D eigenvalue weighted by Crippen LogP contribution is -2.19. The van der Waals surface area contributed by atoms with E-state index >= 15 is 0 Å². The van der Waals surface area contributed by atoms with Crippen molar-refractivity contribution in [2.24, 2.45) is 0 Å². The van der Waals surface area contributed by atoms with Crippen LogP contribution in [0.25, 0.3) is 0 Å². The molecule has 1 unspecified atom stereocenters. The molecule has 0 saturated heterocycles. The fourth-order valence-electron chi connectivity index (χ4n) is 1.25. The number of hydrogen-bond acceptors (Lipinski definition) is 1. The van der Waals surface area contributed by atoms with Crippen LogP contribution in [0.5, 0.6) is 0 Å². The van der Waals surface area contributed by atoms with Crippen LogP contribution < -0.4 is 0 Å². The lowest BCUT2D eigenvalue weighted by Gasteiger charge is -2.18. The molecule has 1 atom stereocenters. The minimum absolute atomic E-state index is 0.0630. The highest BCUT2D eigenvalue weighted by molar-refractivity contribution is 5.17. The molecule has 0 aliphatic heterocycles. The Balaban J connectivity index is 2.92. The molecule has 13 heavy (non-hydrogen) atoms. The quantitative estimate of drug-likeness (QED) is 0.696. The summed E-state index contributed by atoms with van der Waals surface area (Å²) in [6.45, 7) is 1.53. The second-order valence-electron chi connectivity index (χ2n) is 2.78. The van der Waals surface area contributed by atoms with Gasteiger partial charge in [-0.3, -0.25) is 4.98 Å². The third-order valence-corrected chi connectivity index (χ3v) is 1.91. The van der Waals surface area contributed by atoms with Crippen molar-refractivity contribution >= 4 is 0 Å². The van der Waals surface area contributed by atoms with Crippen molar-refractivity contribution in [3.8, 4) is 0 Å². The second-order valence-corrected chi connectivity index (χ2v) is 2.78. The highest BCUT2D eigenvalue weighted by Gasteiger charge is 2.38. The maximum absolute atomic E-state index is 12.4. The van der Waals surface area contributed by atoms with E-state index in [0.29, 0.717) is 0 Å². The zero-order chi connectivity index (χ0) is 9.90. The first-order chi connectivity index (χ1) is 6.05. The van der Waals surface area contributed by atoms with Crippen LogP contribution in [-0.2, 0) is 0 Å². The van der Waals surface area contributed by atoms with Crippen molar-refractivity contribution in [3.63, 3.8) is 0 Å². The minimum atomic E-state index is -4.16. The number of nitrogens with zero attached hydrogens (tertiary/aromatic N) is 1. The van der Waals surface area contributed by atoms with Gasteiger partial charge in [-0.15, -0.1) is 0 Å². The first-order valence-electron chi connectivity index (χ1n) is 4.02. The number of pyridine rings is 1. The molecule has 1 heterocycles. The van der Waals surface area contributed by atoms with E-state index in [9.17, 15) is 13.2 Å². The Bertz CT molecular complexity index is 255. The van der Waals surface area contributed by atoms with Crippen LogP contribution in [0.2, 0.25) is 0 Å². The average Bonchev–Trinajstić information content (AvgIpc) is 2.05. The van der Waals surface area contributed by atoms with E-state index in [1.54, 1.807) is 0 Å². The summed E-state index contributed by atoms with van der Waals surface area (Å²) >= 11 is 0. The van der Waals surface area contributed by atoms with Gasteiger partial charge in [-0.25, -0.2) is 0 Å². The monoisotopic (exact) mass is 189 g/mol. The van der Waals surface area contributed by atoms with Crippen LogP contribution in [0.15, 0.2) is 24.5 Å². The Morgan fingerprint density at radius 2 is 1.85 bits per heavy atom. The SMILES string of the molecule is CCC(c1ccncc1)C(F)(F)F. The smallest absolute Gasteiger partial charge is 0.265 e. The molecule has 0 aliphatic carbocycles. The summed E-state index contributed by atoms with van der Waals surface area (Å²) < 4.78 is 37.2. The maximum atomic E-state index is 12.4. The van der Waals surface area contributed by atoms with Crippen LogP contribution in [0.3, 0.4) is 0 Å². The molecule has 1 rings (SSSR count). The molecule has 0 bridgehead atoms. The predicted octanol–water partition coefficient (Wildman–Crippen LogP) is 3.14. The van der Waals surface area contributed by atoms with Gasteiger partial charge in [-0.2, -0.15) is 13.2 Å². The Labute approximate surface area is 74.6 Å². The van der Waals surface area contributed by atoms with Crippen molar-refractivity contribution in [1.29, 1.82) is 0 Å². The molecule has 4 heteroatoms. The number of alkyl halides is 3. The standard InChI is InChI=1S/C9H10F3N/c1-2-8(9(10,11)12)7-3-5-13-6-4-7/h3-6,8H,2H2,1H3. The van der Waals surface area contributed by atoms with Crippen LogP contribution >= 0.6 is 0 Å². The van der Waals surface area contributed by atoms with Gasteiger partial charge in [-0.05, 0) is 24.1 Å². The number of rotatable bonds is 2. The van der Waals surface area contributed by atoms with Crippen LogP contribution in [0.4, 0.5) is 13.2 Å². The van der Waals surface area contributed by atoms with E-state index in [1.807, 2.05) is 0 Å². The van der Waals surface area contributed by atoms with Crippen LogP contribution in [0, 0.1) is 0 Å². The number of halogens is 3. The zero-order valence-corrected chi connectivity index (χ0v) is 7.17. The summed E-state index contributed by atoms with van der Waals surface area (Å²) in [5.74, 6) is -1.37. The highest BCUT2D eigenvalue weighted by atomic mass is 19.4. The summed E-state index contributed by atoms with van der Waals surface area (Å²) in [5.41, 5.74) is 0.282. The summed E-state index contributed by atoms with van der Waals surface area (Å²) in [6, 6.07) is 2.81. The molecule has 0 N–H and O–H groups in total. The van der Waals surface area contributed by atoms with Gasteiger partial charge in [0, 0.05) is 12.4 Å². The molecule has 1 aromatic rings. The molecule has 0 aliphatic rings. The third-order valence-electron chi connectivity index (χ3n) is 1.91. The lowest BCUT2D eigenvalue weighted by molar-refractivity contribution is -0.151. The van der Waals surface area contributed by atoms with Crippen molar-refractivity contribution in [3.05, 3.63) is 30.1 Å². The van der Waals surface area contributed by atoms with Gasteiger partial charge in [0.1, 0.15) is 0 Å².